The summed E-state index contributed by atoms with van der Waals surface area (Å²) in [6.07, 6.45) is 0.659. The van der Waals surface area contributed by atoms with Crippen molar-refractivity contribution in [2.45, 2.75) is 37.5 Å². The minimum atomic E-state index is -0.831. The third-order valence-electron chi connectivity index (χ3n) is 6.23. The fraction of sp³-hybridized carbons (Fsp3) is 0.226. The Balaban J connectivity index is 1.33. The summed E-state index contributed by atoms with van der Waals surface area (Å²) in [5.74, 6) is 6.11. The van der Waals surface area contributed by atoms with Gasteiger partial charge in [0.15, 0.2) is 0 Å². The maximum atomic E-state index is 13.3. The molecule has 3 aromatic carbocycles. The quantitative estimate of drug-likeness (QED) is 0.299. The molecule has 0 spiro atoms. The number of thioether (sulfide) groups is 1. The van der Waals surface area contributed by atoms with Crippen LogP contribution in [0.5, 0.6) is 0 Å². The van der Waals surface area contributed by atoms with Crippen molar-refractivity contribution in [1.29, 1.82) is 5.26 Å². The van der Waals surface area contributed by atoms with Crippen LogP contribution in [-0.4, -0.2) is 27.3 Å². The van der Waals surface area contributed by atoms with E-state index in [0.717, 1.165) is 27.9 Å². The number of nitriles is 1. The van der Waals surface area contributed by atoms with Crippen LogP contribution in [0.1, 0.15) is 48.4 Å². The van der Waals surface area contributed by atoms with Crippen LogP contribution >= 0.6 is 24.0 Å². The highest BCUT2D eigenvalue weighted by Crippen LogP contribution is 2.33. The number of benzene rings is 3. The molecule has 1 aliphatic rings. The highest BCUT2D eigenvalue weighted by atomic mass is 32.2. The SMILES string of the molecule is CC(C#N)(CCC(=O)NCCC(=O)N1Cc2ccccc2C#Cc2ccccc21)SC(=S)c1ccccc1. The number of rotatable bonds is 8. The summed E-state index contributed by atoms with van der Waals surface area (Å²) in [6, 6.07) is 27.3. The first-order valence-corrected chi connectivity index (χ1v) is 13.6. The molecule has 1 unspecified atom stereocenters. The number of nitrogens with zero attached hydrogens (tertiary/aromatic N) is 2. The fourth-order valence-electron chi connectivity index (χ4n) is 4.06. The van der Waals surface area contributed by atoms with Crippen LogP contribution in [0.25, 0.3) is 0 Å². The molecule has 0 saturated heterocycles. The smallest absolute Gasteiger partial charge is 0.229 e. The van der Waals surface area contributed by atoms with Crippen LogP contribution in [0, 0.1) is 23.2 Å². The standard InChI is InChI=1S/C31H27N3O2S2/c1-31(22-32,38-30(37)25-11-3-2-4-12-25)19-17-28(35)33-20-18-29(36)34-21-26-13-6-5-9-23(26)15-16-24-10-7-8-14-27(24)34/h2-14H,17-21H2,1H3,(H,33,35). The van der Waals surface area contributed by atoms with E-state index in [1.54, 1.807) is 11.8 Å². The Kier molecular flexibility index (Phi) is 8.97. The number of nitrogens with one attached hydrogen (secondary N) is 1. The monoisotopic (exact) mass is 537 g/mol. The minimum absolute atomic E-state index is 0.0955. The summed E-state index contributed by atoms with van der Waals surface area (Å²) < 4.78 is -0.205. The Morgan fingerprint density at radius 3 is 2.42 bits per heavy atom. The van der Waals surface area contributed by atoms with Gasteiger partial charge in [0, 0.05) is 30.5 Å². The van der Waals surface area contributed by atoms with Gasteiger partial charge in [0.2, 0.25) is 11.8 Å². The Hall–Kier alpha value is -3.91. The summed E-state index contributed by atoms with van der Waals surface area (Å²) in [7, 11) is 0. The van der Waals surface area contributed by atoms with Gasteiger partial charge in [-0.15, -0.1) is 0 Å². The van der Waals surface area contributed by atoms with Gasteiger partial charge >= 0.3 is 0 Å². The van der Waals surface area contributed by atoms with Crippen molar-refractivity contribution in [3.05, 3.63) is 101 Å². The number of hydrogen-bond acceptors (Lipinski definition) is 5. The first-order chi connectivity index (χ1) is 18.4. The average Bonchev–Trinajstić information content (AvgIpc) is 2.93. The Bertz CT molecular complexity index is 1450. The first-order valence-electron chi connectivity index (χ1n) is 12.3. The van der Waals surface area contributed by atoms with Gasteiger partial charge in [-0.1, -0.05) is 96.5 Å². The van der Waals surface area contributed by atoms with Crippen molar-refractivity contribution in [3.8, 4) is 17.9 Å². The van der Waals surface area contributed by atoms with Crippen LogP contribution in [0.2, 0.25) is 0 Å². The van der Waals surface area contributed by atoms with Crippen LogP contribution in [0.3, 0.4) is 0 Å². The lowest BCUT2D eigenvalue weighted by molar-refractivity contribution is -0.121. The lowest BCUT2D eigenvalue weighted by Gasteiger charge is -2.26. The van der Waals surface area contributed by atoms with Crippen molar-refractivity contribution in [2.24, 2.45) is 0 Å². The molecule has 2 amide bonds. The molecule has 4 rings (SSSR count). The van der Waals surface area contributed by atoms with Gasteiger partial charge in [-0.25, -0.2) is 0 Å². The van der Waals surface area contributed by atoms with Gasteiger partial charge in [0.25, 0.3) is 0 Å². The summed E-state index contributed by atoms with van der Waals surface area (Å²) in [4.78, 5) is 27.6. The minimum Gasteiger partial charge on any atom is -0.356 e. The van der Waals surface area contributed by atoms with E-state index in [1.165, 1.54) is 11.8 Å². The Morgan fingerprint density at radius 2 is 1.66 bits per heavy atom. The lowest BCUT2D eigenvalue weighted by atomic mass is 10.0. The van der Waals surface area contributed by atoms with Crippen LogP contribution < -0.4 is 10.2 Å². The molecule has 1 aliphatic heterocycles. The van der Waals surface area contributed by atoms with Crippen LogP contribution in [0.15, 0.2) is 78.9 Å². The molecule has 0 saturated carbocycles. The molecular formula is C31H27N3O2S2. The Labute approximate surface area is 233 Å². The van der Waals surface area contributed by atoms with E-state index in [4.69, 9.17) is 12.2 Å². The van der Waals surface area contributed by atoms with E-state index in [1.807, 2.05) is 78.9 Å². The second kappa shape index (κ2) is 12.6. The van der Waals surface area contributed by atoms with Gasteiger partial charge in [-0.05, 0) is 42.7 Å². The van der Waals surface area contributed by atoms with E-state index in [9.17, 15) is 14.9 Å². The second-order valence-corrected chi connectivity index (χ2v) is 11.3. The predicted molar refractivity (Wildman–Crippen MR) is 157 cm³/mol. The van der Waals surface area contributed by atoms with E-state index < -0.39 is 4.75 Å². The van der Waals surface area contributed by atoms with Gasteiger partial charge in [-0.3, -0.25) is 9.59 Å². The molecule has 1 heterocycles. The summed E-state index contributed by atoms with van der Waals surface area (Å²) in [6.45, 7) is 2.42. The summed E-state index contributed by atoms with van der Waals surface area (Å²) in [5.41, 5.74) is 4.33. The largest absolute Gasteiger partial charge is 0.356 e. The van der Waals surface area contributed by atoms with Crippen LogP contribution in [-0.2, 0) is 16.1 Å². The zero-order valence-electron chi connectivity index (χ0n) is 21.1. The molecule has 0 radical (unpaired) electrons. The Morgan fingerprint density at radius 1 is 1.00 bits per heavy atom. The summed E-state index contributed by atoms with van der Waals surface area (Å²) in [5, 5.41) is 12.6. The van der Waals surface area contributed by atoms with Gasteiger partial charge in [-0.2, -0.15) is 5.26 Å². The third kappa shape index (κ3) is 6.89. The molecule has 1 atom stereocenters. The number of amides is 2. The summed E-state index contributed by atoms with van der Waals surface area (Å²) >= 11 is 6.81. The number of anilines is 1. The fourth-order valence-corrected chi connectivity index (χ4v) is 5.66. The first kappa shape index (κ1) is 27.1. The molecule has 0 aromatic heterocycles. The number of para-hydroxylation sites is 1. The zero-order valence-corrected chi connectivity index (χ0v) is 22.7. The molecule has 3 aromatic rings. The van der Waals surface area contributed by atoms with Gasteiger partial charge in [0.05, 0.1) is 22.5 Å². The van der Waals surface area contributed by atoms with Crippen molar-refractivity contribution in [1.82, 2.24) is 5.32 Å². The maximum absolute atomic E-state index is 13.3. The number of hydrogen-bond donors (Lipinski definition) is 1. The molecule has 38 heavy (non-hydrogen) atoms. The van der Waals surface area contributed by atoms with E-state index in [0.29, 0.717) is 17.2 Å². The molecule has 5 nitrogen and oxygen atoms in total. The molecule has 190 valence electrons. The maximum Gasteiger partial charge on any atom is 0.229 e. The molecule has 0 fully saturated rings. The van der Waals surface area contributed by atoms with E-state index in [-0.39, 0.29) is 31.2 Å². The molecule has 1 N–H and O–H groups in total. The molecule has 0 aliphatic carbocycles. The zero-order chi connectivity index (χ0) is 27.0. The topological polar surface area (TPSA) is 73.2 Å². The van der Waals surface area contributed by atoms with Crippen molar-refractivity contribution < 1.29 is 9.59 Å². The number of carbonyl (C=O) groups is 2. The average molecular weight is 538 g/mol. The van der Waals surface area contributed by atoms with Crippen molar-refractivity contribution >= 4 is 45.7 Å². The second-order valence-electron chi connectivity index (χ2n) is 9.10. The number of fused-ring (bicyclic) bond motifs is 2. The van der Waals surface area contributed by atoms with Crippen molar-refractivity contribution in [3.63, 3.8) is 0 Å². The van der Waals surface area contributed by atoms with Crippen LogP contribution in [0.4, 0.5) is 5.69 Å². The highest BCUT2D eigenvalue weighted by Gasteiger charge is 2.28. The number of thiocarbonyl (C=S) groups is 1. The van der Waals surface area contributed by atoms with E-state index in [2.05, 4.69) is 23.2 Å². The van der Waals surface area contributed by atoms with Gasteiger partial charge < -0.3 is 10.2 Å². The van der Waals surface area contributed by atoms with Gasteiger partial charge in [0.1, 0.15) is 4.75 Å². The molecule has 0 bridgehead atoms. The molecular weight excluding hydrogens is 510 g/mol. The third-order valence-corrected chi connectivity index (χ3v) is 7.88. The molecule has 7 heteroatoms. The number of carbonyl (C=O) groups excluding carboxylic acids is 2. The lowest BCUT2D eigenvalue weighted by Crippen LogP contribution is -2.35. The normalized spacial score (nSPS) is 13.2. The predicted octanol–water partition coefficient (Wildman–Crippen LogP) is 5.61. The van der Waals surface area contributed by atoms with E-state index >= 15 is 0 Å². The van der Waals surface area contributed by atoms with Crippen molar-refractivity contribution in [2.75, 3.05) is 11.4 Å². The highest BCUT2D eigenvalue weighted by molar-refractivity contribution is 8.24.